The molecular formula is C7H14O5. The minimum absolute atomic E-state index is 0.107. The zero-order chi connectivity index (χ0) is 9.30. The highest BCUT2D eigenvalue weighted by atomic mass is 16.4. The van der Waals surface area contributed by atoms with Gasteiger partial charge in [-0.1, -0.05) is 0 Å². The molecule has 0 heterocycles. The molecule has 0 amide bonds. The van der Waals surface area contributed by atoms with Crippen LogP contribution >= 0.6 is 0 Å². The Bertz CT molecular complexity index is 146. The van der Waals surface area contributed by atoms with Crippen LogP contribution in [0.5, 0.6) is 0 Å². The van der Waals surface area contributed by atoms with Crippen molar-refractivity contribution in [2.24, 2.45) is 5.92 Å². The number of aliphatic hydroxyl groups is 5. The maximum atomic E-state index is 9.24. The van der Waals surface area contributed by atoms with Gasteiger partial charge in [-0.3, -0.25) is 0 Å². The summed E-state index contributed by atoms with van der Waals surface area (Å²) in [4.78, 5) is 0. The monoisotopic (exact) mass is 178 g/mol. The molecule has 1 fully saturated rings. The molecule has 0 unspecified atom stereocenters. The first kappa shape index (κ1) is 9.88. The van der Waals surface area contributed by atoms with E-state index in [0.717, 1.165) is 0 Å². The molecule has 0 aromatic rings. The molecular weight excluding hydrogens is 164 g/mol. The van der Waals surface area contributed by atoms with Gasteiger partial charge in [0.25, 0.3) is 0 Å². The van der Waals surface area contributed by atoms with Gasteiger partial charge in [0.05, 0.1) is 12.2 Å². The van der Waals surface area contributed by atoms with Crippen molar-refractivity contribution in [2.45, 2.75) is 30.8 Å². The number of aliphatic hydroxyl groups excluding tert-OH is 5. The Labute approximate surface area is 69.9 Å². The summed E-state index contributed by atoms with van der Waals surface area (Å²) in [5.74, 6) is -0.557. The van der Waals surface area contributed by atoms with E-state index in [4.69, 9.17) is 20.4 Å². The van der Waals surface area contributed by atoms with Crippen molar-refractivity contribution in [2.75, 3.05) is 6.61 Å². The highest BCUT2D eigenvalue weighted by Gasteiger charge is 2.41. The van der Waals surface area contributed by atoms with E-state index in [0.29, 0.717) is 0 Å². The lowest BCUT2D eigenvalue weighted by Crippen LogP contribution is -2.54. The predicted molar refractivity (Wildman–Crippen MR) is 39.2 cm³/mol. The second kappa shape index (κ2) is 3.68. The second-order valence-electron chi connectivity index (χ2n) is 3.22. The third-order valence-electron chi connectivity index (χ3n) is 2.36. The molecule has 1 saturated carbocycles. The smallest absolute Gasteiger partial charge is 0.109 e. The van der Waals surface area contributed by atoms with Gasteiger partial charge >= 0.3 is 0 Å². The summed E-state index contributed by atoms with van der Waals surface area (Å²) in [6, 6.07) is 0. The molecule has 72 valence electrons. The first-order valence-electron chi connectivity index (χ1n) is 3.91. The average Bonchev–Trinajstić information content (AvgIpc) is 2.08. The molecule has 0 aromatic carbocycles. The minimum Gasteiger partial charge on any atom is -0.396 e. The largest absolute Gasteiger partial charge is 0.396 e. The fraction of sp³-hybridized carbons (Fsp3) is 1.00. The molecule has 5 N–H and O–H groups in total. The zero-order valence-electron chi connectivity index (χ0n) is 6.54. The van der Waals surface area contributed by atoms with Gasteiger partial charge in [0.2, 0.25) is 0 Å². The van der Waals surface area contributed by atoms with Crippen molar-refractivity contribution in [3.63, 3.8) is 0 Å². The number of rotatable bonds is 1. The highest BCUT2D eigenvalue weighted by molar-refractivity contribution is 4.91. The van der Waals surface area contributed by atoms with Crippen molar-refractivity contribution >= 4 is 0 Å². The molecule has 0 bridgehead atoms. The second-order valence-corrected chi connectivity index (χ2v) is 3.22. The Morgan fingerprint density at radius 2 is 1.50 bits per heavy atom. The summed E-state index contributed by atoms with van der Waals surface area (Å²) in [7, 11) is 0. The van der Waals surface area contributed by atoms with Crippen LogP contribution in [0.1, 0.15) is 6.42 Å². The van der Waals surface area contributed by atoms with Crippen LogP contribution in [0, 0.1) is 5.92 Å². The minimum atomic E-state index is -1.37. The van der Waals surface area contributed by atoms with E-state index in [1.165, 1.54) is 0 Å². The molecule has 0 saturated heterocycles. The van der Waals surface area contributed by atoms with Crippen LogP contribution in [0.25, 0.3) is 0 Å². The maximum absolute atomic E-state index is 9.24. The summed E-state index contributed by atoms with van der Waals surface area (Å²) >= 11 is 0. The lowest BCUT2D eigenvalue weighted by molar-refractivity contribution is -0.163. The van der Waals surface area contributed by atoms with E-state index in [-0.39, 0.29) is 13.0 Å². The van der Waals surface area contributed by atoms with E-state index in [2.05, 4.69) is 0 Å². The Morgan fingerprint density at radius 1 is 0.917 bits per heavy atom. The third-order valence-corrected chi connectivity index (χ3v) is 2.36. The number of hydrogen-bond acceptors (Lipinski definition) is 5. The van der Waals surface area contributed by atoms with Crippen molar-refractivity contribution in [3.8, 4) is 0 Å². The molecule has 0 radical (unpaired) electrons. The molecule has 0 aromatic heterocycles. The Balaban J connectivity index is 2.63. The van der Waals surface area contributed by atoms with Gasteiger partial charge < -0.3 is 25.5 Å². The van der Waals surface area contributed by atoms with Crippen LogP contribution in [-0.2, 0) is 0 Å². The Hall–Kier alpha value is -0.200. The van der Waals surface area contributed by atoms with Crippen LogP contribution < -0.4 is 0 Å². The first-order valence-corrected chi connectivity index (χ1v) is 3.91. The van der Waals surface area contributed by atoms with Crippen LogP contribution in [0.15, 0.2) is 0 Å². The van der Waals surface area contributed by atoms with Crippen molar-refractivity contribution in [3.05, 3.63) is 0 Å². The quantitative estimate of drug-likeness (QED) is 0.304. The summed E-state index contributed by atoms with van der Waals surface area (Å²) in [6.07, 6.45) is -4.81. The lowest BCUT2D eigenvalue weighted by Gasteiger charge is -2.37. The summed E-state index contributed by atoms with van der Waals surface area (Å²) in [6.45, 7) is -0.304. The van der Waals surface area contributed by atoms with Gasteiger partial charge in [0.15, 0.2) is 0 Å². The van der Waals surface area contributed by atoms with Crippen molar-refractivity contribution in [1.82, 2.24) is 0 Å². The maximum Gasteiger partial charge on any atom is 0.109 e. The fourth-order valence-electron chi connectivity index (χ4n) is 1.48. The SMILES string of the molecule is OC[C@@H]1C[C@H](O)[C@H](O)[C@H](O)[C@@H]1O. The normalized spacial score (nSPS) is 49.2. The van der Waals surface area contributed by atoms with Crippen molar-refractivity contribution < 1.29 is 25.5 Å². The summed E-state index contributed by atoms with van der Waals surface area (Å²) < 4.78 is 0. The highest BCUT2D eigenvalue weighted by Crippen LogP contribution is 2.25. The summed E-state index contributed by atoms with van der Waals surface area (Å²) in [5.41, 5.74) is 0. The Morgan fingerprint density at radius 3 is 2.00 bits per heavy atom. The first-order chi connectivity index (χ1) is 5.57. The van der Waals surface area contributed by atoms with Gasteiger partial charge in [-0.25, -0.2) is 0 Å². The van der Waals surface area contributed by atoms with Gasteiger partial charge in [-0.2, -0.15) is 0 Å². The van der Waals surface area contributed by atoms with Gasteiger partial charge in [-0.05, 0) is 6.42 Å². The fourth-order valence-corrected chi connectivity index (χ4v) is 1.48. The standard InChI is InChI=1S/C7H14O5/c8-2-3-1-4(9)6(11)7(12)5(3)10/h3-12H,1-2H2/t3-,4-,5+,6-,7+/m0/s1. The van der Waals surface area contributed by atoms with E-state index in [1.54, 1.807) is 0 Å². The van der Waals surface area contributed by atoms with Crippen LogP contribution in [-0.4, -0.2) is 56.6 Å². The number of hydrogen-bond donors (Lipinski definition) is 5. The van der Waals surface area contributed by atoms with E-state index < -0.39 is 30.3 Å². The van der Waals surface area contributed by atoms with Crippen LogP contribution in [0.4, 0.5) is 0 Å². The summed E-state index contributed by atoms with van der Waals surface area (Å²) in [5, 5.41) is 45.3. The molecule has 12 heavy (non-hydrogen) atoms. The van der Waals surface area contributed by atoms with E-state index in [1.807, 2.05) is 0 Å². The van der Waals surface area contributed by atoms with Crippen molar-refractivity contribution in [1.29, 1.82) is 0 Å². The van der Waals surface area contributed by atoms with E-state index >= 15 is 0 Å². The molecule has 5 atom stereocenters. The molecule has 1 rings (SSSR count). The van der Waals surface area contributed by atoms with E-state index in [9.17, 15) is 5.11 Å². The third kappa shape index (κ3) is 1.60. The topological polar surface area (TPSA) is 101 Å². The predicted octanol–water partition coefficient (Wildman–Crippen LogP) is -2.56. The molecule has 5 nitrogen and oxygen atoms in total. The molecule has 5 heteroatoms. The molecule has 1 aliphatic rings. The van der Waals surface area contributed by atoms with Gasteiger partial charge in [0, 0.05) is 12.5 Å². The molecule has 0 spiro atoms. The van der Waals surface area contributed by atoms with Crippen LogP contribution in [0.2, 0.25) is 0 Å². The Kier molecular flexibility index (Phi) is 3.03. The molecule has 0 aliphatic heterocycles. The lowest BCUT2D eigenvalue weighted by atomic mass is 9.81. The zero-order valence-corrected chi connectivity index (χ0v) is 6.54. The molecule has 1 aliphatic carbocycles. The van der Waals surface area contributed by atoms with Gasteiger partial charge in [0.1, 0.15) is 12.2 Å². The van der Waals surface area contributed by atoms with Crippen LogP contribution in [0.3, 0.4) is 0 Å². The van der Waals surface area contributed by atoms with Gasteiger partial charge in [-0.15, -0.1) is 0 Å². The average molecular weight is 178 g/mol.